The summed E-state index contributed by atoms with van der Waals surface area (Å²) in [6.45, 7) is 1.28. The third kappa shape index (κ3) is 5.24. The fourth-order valence-electron chi connectivity index (χ4n) is 2.91. The third-order valence-electron chi connectivity index (χ3n) is 4.34. The molecule has 0 unspecified atom stereocenters. The molecule has 8 nitrogen and oxygen atoms in total. The Morgan fingerprint density at radius 1 is 1.10 bits per heavy atom. The maximum absolute atomic E-state index is 12.3. The zero-order valence-corrected chi connectivity index (χ0v) is 18.5. The molecule has 0 aliphatic carbocycles. The van der Waals surface area contributed by atoms with E-state index in [2.05, 4.69) is 21.2 Å². The summed E-state index contributed by atoms with van der Waals surface area (Å²) < 4.78 is 21.8. The molecule has 0 radical (unpaired) electrons. The number of carbonyl (C=O) groups is 3. The van der Waals surface area contributed by atoms with Crippen molar-refractivity contribution >= 4 is 44.7 Å². The standard InChI is InChI=1S/C22H20BrNO7/c1-3-29-22(27)20-16(15-10-13(23)8-9-18(15)31-20)12-30-19(25)11-24-21(26)14-6-4-5-7-17(14)28-2/h4-10H,3,11-12H2,1-2H3,(H,24,26). The van der Waals surface area contributed by atoms with Crippen LogP contribution in [-0.4, -0.2) is 38.1 Å². The molecule has 3 aromatic rings. The van der Waals surface area contributed by atoms with Gasteiger partial charge in [-0.3, -0.25) is 9.59 Å². The predicted octanol–water partition coefficient (Wildman–Crippen LogP) is 3.85. The zero-order valence-electron chi connectivity index (χ0n) is 16.9. The Hall–Kier alpha value is -3.33. The summed E-state index contributed by atoms with van der Waals surface area (Å²) in [4.78, 5) is 36.8. The lowest BCUT2D eigenvalue weighted by Gasteiger charge is -2.09. The molecule has 0 saturated heterocycles. The molecule has 162 valence electrons. The Balaban J connectivity index is 1.69. The van der Waals surface area contributed by atoms with Gasteiger partial charge in [0.05, 0.1) is 24.8 Å². The first kappa shape index (κ1) is 22.4. The Kier molecular flexibility index (Phi) is 7.30. The van der Waals surface area contributed by atoms with Crippen LogP contribution in [0.2, 0.25) is 0 Å². The van der Waals surface area contributed by atoms with Crippen LogP contribution in [0.5, 0.6) is 5.75 Å². The van der Waals surface area contributed by atoms with E-state index < -0.39 is 17.8 Å². The predicted molar refractivity (Wildman–Crippen MR) is 115 cm³/mol. The molecule has 3 rings (SSSR count). The number of hydrogen-bond donors (Lipinski definition) is 1. The highest BCUT2D eigenvalue weighted by Crippen LogP contribution is 2.30. The number of fused-ring (bicyclic) bond motifs is 1. The van der Waals surface area contributed by atoms with Gasteiger partial charge in [0, 0.05) is 9.86 Å². The monoisotopic (exact) mass is 489 g/mol. The number of rotatable bonds is 8. The first-order chi connectivity index (χ1) is 14.9. The van der Waals surface area contributed by atoms with Gasteiger partial charge in [-0.2, -0.15) is 0 Å². The molecular weight excluding hydrogens is 470 g/mol. The van der Waals surface area contributed by atoms with E-state index in [1.807, 2.05) is 0 Å². The van der Waals surface area contributed by atoms with E-state index in [1.54, 1.807) is 49.4 Å². The number of carbonyl (C=O) groups excluding carboxylic acids is 3. The highest BCUT2D eigenvalue weighted by atomic mass is 79.9. The van der Waals surface area contributed by atoms with E-state index in [-0.39, 0.29) is 25.5 Å². The number of esters is 2. The zero-order chi connectivity index (χ0) is 22.4. The Labute approximate surface area is 186 Å². The van der Waals surface area contributed by atoms with Gasteiger partial charge in [0.1, 0.15) is 24.5 Å². The van der Waals surface area contributed by atoms with Crippen LogP contribution in [0.1, 0.15) is 33.4 Å². The summed E-state index contributed by atoms with van der Waals surface area (Å²) in [5, 5.41) is 3.11. The lowest BCUT2D eigenvalue weighted by Crippen LogP contribution is -2.30. The molecule has 0 bridgehead atoms. The third-order valence-corrected chi connectivity index (χ3v) is 4.83. The summed E-state index contributed by atoms with van der Waals surface area (Å²) in [5.41, 5.74) is 1.15. The SMILES string of the molecule is CCOC(=O)c1oc2ccc(Br)cc2c1COC(=O)CNC(=O)c1ccccc1OC. The van der Waals surface area contributed by atoms with Crippen molar-refractivity contribution in [2.45, 2.75) is 13.5 Å². The minimum Gasteiger partial charge on any atom is -0.496 e. The Morgan fingerprint density at radius 2 is 1.87 bits per heavy atom. The minimum absolute atomic E-state index is 0.0270. The second-order valence-corrected chi connectivity index (χ2v) is 7.23. The maximum atomic E-state index is 12.3. The molecule has 1 amide bonds. The number of hydrogen-bond acceptors (Lipinski definition) is 7. The molecule has 0 aliphatic rings. The van der Waals surface area contributed by atoms with Crippen LogP contribution >= 0.6 is 15.9 Å². The highest BCUT2D eigenvalue weighted by Gasteiger charge is 2.23. The van der Waals surface area contributed by atoms with Crippen molar-refractivity contribution in [3.8, 4) is 5.75 Å². The largest absolute Gasteiger partial charge is 0.496 e. The van der Waals surface area contributed by atoms with E-state index in [4.69, 9.17) is 18.6 Å². The highest BCUT2D eigenvalue weighted by molar-refractivity contribution is 9.10. The van der Waals surface area contributed by atoms with Crippen LogP contribution in [0.25, 0.3) is 11.0 Å². The molecule has 31 heavy (non-hydrogen) atoms. The van der Waals surface area contributed by atoms with Gasteiger partial charge >= 0.3 is 11.9 Å². The Bertz CT molecular complexity index is 1120. The summed E-state index contributed by atoms with van der Waals surface area (Å²) in [5.74, 6) is -1.43. The van der Waals surface area contributed by atoms with Crippen molar-refractivity contribution in [1.29, 1.82) is 0 Å². The van der Waals surface area contributed by atoms with E-state index >= 15 is 0 Å². The van der Waals surface area contributed by atoms with Gasteiger partial charge in [-0.15, -0.1) is 0 Å². The number of ether oxygens (including phenoxy) is 3. The smallest absolute Gasteiger partial charge is 0.374 e. The number of nitrogens with one attached hydrogen (secondary N) is 1. The molecule has 0 aliphatic heterocycles. The molecule has 2 aromatic carbocycles. The quantitative estimate of drug-likeness (QED) is 0.479. The summed E-state index contributed by atoms with van der Waals surface area (Å²) in [6.07, 6.45) is 0. The van der Waals surface area contributed by atoms with Gasteiger partial charge in [-0.1, -0.05) is 28.1 Å². The number of amides is 1. The van der Waals surface area contributed by atoms with Crippen LogP contribution < -0.4 is 10.1 Å². The van der Waals surface area contributed by atoms with Gasteiger partial charge in [0.2, 0.25) is 5.76 Å². The van der Waals surface area contributed by atoms with Crippen molar-refractivity contribution in [3.63, 3.8) is 0 Å². The topological polar surface area (TPSA) is 104 Å². The van der Waals surface area contributed by atoms with Crippen LogP contribution in [0.3, 0.4) is 0 Å². The lowest BCUT2D eigenvalue weighted by atomic mass is 10.1. The number of furan rings is 1. The van der Waals surface area contributed by atoms with Crippen LogP contribution in [0, 0.1) is 0 Å². The maximum Gasteiger partial charge on any atom is 0.374 e. The second-order valence-electron chi connectivity index (χ2n) is 6.31. The molecule has 0 fully saturated rings. The van der Waals surface area contributed by atoms with E-state index in [9.17, 15) is 14.4 Å². The van der Waals surface area contributed by atoms with E-state index in [0.29, 0.717) is 27.8 Å². The fraction of sp³-hybridized carbons (Fsp3) is 0.227. The number of benzene rings is 2. The van der Waals surface area contributed by atoms with Crippen LogP contribution in [-0.2, 0) is 20.9 Å². The van der Waals surface area contributed by atoms with E-state index in [1.165, 1.54) is 7.11 Å². The average molecular weight is 490 g/mol. The van der Waals surface area contributed by atoms with E-state index in [0.717, 1.165) is 4.47 Å². The molecule has 0 spiro atoms. The van der Waals surface area contributed by atoms with Gasteiger partial charge in [0.25, 0.3) is 5.91 Å². The molecule has 1 aromatic heterocycles. The summed E-state index contributed by atoms with van der Waals surface area (Å²) >= 11 is 3.38. The van der Waals surface area contributed by atoms with Crippen molar-refractivity contribution in [3.05, 3.63) is 63.8 Å². The van der Waals surface area contributed by atoms with Crippen molar-refractivity contribution in [2.75, 3.05) is 20.3 Å². The summed E-state index contributed by atoms with van der Waals surface area (Å²) in [6, 6.07) is 11.9. The van der Waals surface area contributed by atoms with Crippen molar-refractivity contribution in [1.82, 2.24) is 5.32 Å². The first-order valence-electron chi connectivity index (χ1n) is 9.39. The molecule has 0 atom stereocenters. The first-order valence-corrected chi connectivity index (χ1v) is 10.2. The van der Waals surface area contributed by atoms with Gasteiger partial charge in [-0.25, -0.2) is 4.79 Å². The molecule has 1 heterocycles. The lowest BCUT2D eigenvalue weighted by molar-refractivity contribution is -0.143. The van der Waals surface area contributed by atoms with Crippen molar-refractivity contribution < 1.29 is 33.0 Å². The fourth-order valence-corrected chi connectivity index (χ4v) is 3.27. The van der Waals surface area contributed by atoms with Crippen LogP contribution in [0.4, 0.5) is 0 Å². The number of methoxy groups -OCH3 is 1. The number of halogens is 1. The molecule has 1 N–H and O–H groups in total. The van der Waals surface area contributed by atoms with Gasteiger partial charge < -0.3 is 23.9 Å². The van der Waals surface area contributed by atoms with Gasteiger partial charge in [0.15, 0.2) is 0 Å². The molecular formula is C22H20BrNO7. The van der Waals surface area contributed by atoms with Gasteiger partial charge in [-0.05, 0) is 37.3 Å². The Morgan fingerprint density at radius 3 is 2.61 bits per heavy atom. The second kappa shape index (κ2) is 10.1. The molecule has 9 heteroatoms. The van der Waals surface area contributed by atoms with Crippen LogP contribution in [0.15, 0.2) is 51.4 Å². The molecule has 0 saturated carbocycles. The number of para-hydroxylation sites is 1. The summed E-state index contributed by atoms with van der Waals surface area (Å²) in [7, 11) is 1.45. The minimum atomic E-state index is -0.678. The average Bonchev–Trinajstić information content (AvgIpc) is 3.13. The van der Waals surface area contributed by atoms with Crippen molar-refractivity contribution in [2.24, 2.45) is 0 Å². The normalized spacial score (nSPS) is 10.5.